The number of nitrogens with one attached hydrogen (secondary N) is 1. The molecule has 0 amide bonds. The van der Waals surface area contributed by atoms with Gasteiger partial charge in [0.15, 0.2) is 0 Å². The maximum atomic E-state index is 9.52. The maximum absolute atomic E-state index is 9.52. The summed E-state index contributed by atoms with van der Waals surface area (Å²) in [6.07, 6.45) is 6.05. The highest BCUT2D eigenvalue weighted by Crippen LogP contribution is 2.24. The predicted octanol–water partition coefficient (Wildman–Crippen LogP) is 0.992. The Labute approximate surface area is 111 Å². The lowest BCUT2D eigenvalue weighted by atomic mass is 9.95. The number of aliphatic hydroxyl groups excluding tert-OH is 1. The number of hydrogen-bond acceptors (Lipinski definition) is 4. The highest BCUT2D eigenvalue weighted by molar-refractivity contribution is 4.92. The van der Waals surface area contributed by atoms with Gasteiger partial charge in [0, 0.05) is 24.7 Å². The number of rotatable bonds is 8. The van der Waals surface area contributed by atoms with Crippen molar-refractivity contribution in [2.45, 2.75) is 50.6 Å². The van der Waals surface area contributed by atoms with Gasteiger partial charge in [-0.05, 0) is 39.2 Å². The number of morpholine rings is 1. The summed E-state index contributed by atoms with van der Waals surface area (Å²) in [6, 6.07) is 0.668. The highest BCUT2D eigenvalue weighted by atomic mass is 16.5. The monoisotopic (exact) mass is 256 g/mol. The fourth-order valence-electron chi connectivity index (χ4n) is 2.59. The SMILES string of the molecule is CC(CO)(CCCCN1CCOCC1)NC1CC1. The molecule has 1 aliphatic carbocycles. The lowest BCUT2D eigenvalue weighted by Gasteiger charge is -2.30. The summed E-state index contributed by atoms with van der Waals surface area (Å²) in [6.45, 7) is 7.51. The van der Waals surface area contributed by atoms with Crippen LogP contribution in [0.2, 0.25) is 0 Å². The molecule has 0 spiro atoms. The summed E-state index contributed by atoms with van der Waals surface area (Å²) in [5.41, 5.74) is -0.0633. The van der Waals surface area contributed by atoms with Gasteiger partial charge in [0.1, 0.15) is 0 Å². The van der Waals surface area contributed by atoms with E-state index in [0.29, 0.717) is 6.04 Å². The van der Waals surface area contributed by atoms with E-state index in [4.69, 9.17) is 4.74 Å². The van der Waals surface area contributed by atoms with Crippen LogP contribution in [0.25, 0.3) is 0 Å². The first-order chi connectivity index (χ1) is 8.72. The number of nitrogens with zero attached hydrogens (tertiary/aromatic N) is 1. The Kier molecular flexibility index (Phi) is 5.42. The molecular weight excluding hydrogens is 228 g/mol. The van der Waals surface area contributed by atoms with E-state index in [1.165, 1.54) is 32.2 Å². The molecule has 1 saturated carbocycles. The van der Waals surface area contributed by atoms with Crippen molar-refractivity contribution in [2.24, 2.45) is 0 Å². The minimum Gasteiger partial charge on any atom is -0.394 e. The van der Waals surface area contributed by atoms with Gasteiger partial charge in [-0.2, -0.15) is 0 Å². The Bertz CT molecular complexity index is 240. The maximum Gasteiger partial charge on any atom is 0.0610 e. The van der Waals surface area contributed by atoms with Crippen molar-refractivity contribution in [3.8, 4) is 0 Å². The van der Waals surface area contributed by atoms with Crippen LogP contribution < -0.4 is 5.32 Å². The third kappa shape index (κ3) is 4.84. The van der Waals surface area contributed by atoms with Crippen molar-refractivity contribution in [1.29, 1.82) is 0 Å². The standard InChI is InChI=1S/C14H28N2O2/c1-14(12-17,15-13-4-5-13)6-2-3-7-16-8-10-18-11-9-16/h13,15,17H,2-12H2,1H3. The second kappa shape index (κ2) is 6.85. The molecule has 0 bridgehead atoms. The van der Waals surface area contributed by atoms with E-state index in [2.05, 4.69) is 17.1 Å². The molecular formula is C14H28N2O2. The fourth-order valence-corrected chi connectivity index (χ4v) is 2.59. The Balaban J connectivity index is 1.57. The Hall–Kier alpha value is -0.160. The third-order valence-corrected chi connectivity index (χ3v) is 4.04. The van der Waals surface area contributed by atoms with Crippen LogP contribution in [0.1, 0.15) is 39.0 Å². The van der Waals surface area contributed by atoms with Crippen molar-refractivity contribution in [2.75, 3.05) is 39.5 Å². The van der Waals surface area contributed by atoms with Crippen LogP contribution in [-0.4, -0.2) is 61.0 Å². The van der Waals surface area contributed by atoms with Gasteiger partial charge >= 0.3 is 0 Å². The number of hydrogen-bond donors (Lipinski definition) is 2. The first-order valence-corrected chi connectivity index (χ1v) is 7.40. The summed E-state index contributed by atoms with van der Waals surface area (Å²) in [4.78, 5) is 2.48. The summed E-state index contributed by atoms with van der Waals surface area (Å²) in [5.74, 6) is 0. The largest absolute Gasteiger partial charge is 0.394 e. The van der Waals surface area contributed by atoms with E-state index in [0.717, 1.165) is 32.7 Å². The summed E-state index contributed by atoms with van der Waals surface area (Å²) < 4.78 is 5.34. The zero-order valence-electron chi connectivity index (χ0n) is 11.7. The zero-order chi connectivity index (χ0) is 12.8. The molecule has 0 aromatic heterocycles. The summed E-state index contributed by atoms with van der Waals surface area (Å²) >= 11 is 0. The second-order valence-electron chi connectivity index (χ2n) is 6.05. The summed E-state index contributed by atoms with van der Waals surface area (Å²) in [5, 5.41) is 13.1. The topological polar surface area (TPSA) is 44.7 Å². The van der Waals surface area contributed by atoms with Gasteiger partial charge < -0.3 is 15.2 Å². The Morgan fingerprint density at radius 2 is 2.00 bits per heavy atom. The van der Waals surface area contributed by atoms with Crippen LogP contribution in [0.5, 0.6) is 0 Å². The van der Waals surface area contributed by atoms with E-state index < -0.39 is 0 Å². The van der Waals surface area contributed by atoms with Gasteiger partial charge in [0.2, 0.25) is 0 Å². The molecule has 2 rings (SSSR count). The van der Waals surface area contributed by atoms with E-state index in [1.807, 2.05) is 0 Å². The molecule has 106 valence electrons. The molecule has 2 fully saturated rings. The van der Waals surface area contributed by atoms with Crippen molar-refractivity contribution in [3.63, 3.8) is 0 Å². The number of unbranched alkanes of at least 4 members (excludes halogenated alkanes) is 1. The van der Waals surface area contributed by atoms with Gasteiger partial charge in [0.25, 0.3) is 0 Å². The molecule has 1 saturated heterocycles. The van der Waals surface area contributed by atoms with E-state index in [1.54, 1.807) is 0 Å². The molecule has 2 N–H and O–H groups in total. The zero-order valence-corrected chi connectivity index (χ0v) is 11.7. The van der Waals surface area contributed by atoms with Gasteiger partial charge in [0.05, 0.1) is 19.8 Å². The fraction of sp³-hybridized carbons (Fsp3) is 1.00. The van der Waals surface area contributed by atoms with Crippen LogP contribution in [-0.2, 0) is 4.74 Å². The van der Waals surface area contributed by atoms with Gasteiger partial charge in [-0.3, -0.25) is 4.90 Å². The predicted molar refractivity (Wildman–Crippen MR) is 72.8 cm³/mol. The molecule has 4 heteroatoms. The lowest BCUT2D eigenvalue weighted by molar-refractivity contribution is 0.0367. The molecule has 0 aromatic carbocycles. The quantitative estimate of drug-likeness (QED) is 0.636. The highest BCUT2D eigenvalue weighted by Gasteiger charge is 2.31. The molecule has 1 aliphatic heterocycles. The minimum absolute atomic E-state index is 0.0633. The molecule has 18 heavy (non-hydrogen) atoms. The van der Waals surface area contributed by atoms with Gasteiger partial charge in [-0.25, -0.2) is 0 Å². The average Bonchev–Trinajstić information content (AvgIpc) is 3.20. The van der Waals surface area contributed by atoms with Crippen molar-refractivity contribution in [3.05, 3.63) is 0 Å². The molecule has 1 unspecified atom stereocenters. The van der Waals surface area contributed by atoms with Crippen LogP contribution in [0.4, 0.5) is 0 Å². The Morgan fingerprint density at radius 1 is 1.28 bits per heavy atom. The van der Waals surface area contributed by atoms with Crippen molar-refractivity contribution < 1.29 is 9.84 Å². The molecule has 1 atom stereocenters. The van der Waals surface area contributed by atoms with Crippen molar-refractivity contribution in [1.82, 2.24) is 10.2 Å². The van der Waals surface area contributed by atoms with E-state index in [9.17, 15) is 5.11 Å². The molecule has 4 nitrogen and oxygen atoms in total. The van der Waals surface area contributed by atoms with Gasteiger partial charge in [-0.1, -0.05) is 6.42 Å². The lowest BCUT2D eigenvalue weighted by Crippen LogP contribution is -2.47. The normalized spacial score (nSPS) is 25.0. The second-order valence-corrected chi connectivity index (χ2v) is 6.05. The number of ether oxygens (including phenoxy) is 1. The summed E-state index contributed by atoms with van der Waals surface area (Å²) in [7, 11) is 0. The van der Waals surface area contributed by atoms with E-state index in [-0.39, 0.29) is 12.1 Å². The van der Waals surface area contributed by atoms with Gasteiger partial charge in [-0.15, -0.1) is 0 Å². The van der Waals surface area contributed by atoms with E-state index >= 15 is 0 Å². The molecule has 2 aliphatic rings. The van der Waals surface area contributed by atoms with Crippen LogP contribution in [0.15, 0.2) is 0 Å². The first kappa shape index (κ1) is 14.3. The Morgan fingerprint density at radius 3 is 2.61 bits per heavy atom. The molecule has 0 radical (unpaired) electrons. The van der Waals surface area contributed by atoms with Crippen LogP contribution in [0.3, 0.4) is 0 Å². The average molecular weight is 256 g/mol. The number of aliphatic hydroxyl groups is 1. The molecule has 0 aromatic rings. The first-order valence-electron chi connectivity index (χ1n) is 7.40. The minimum atomic E-state index is -0.0633. The smallest absolute Gasteiger partial charge is 0.0610 e. The van der Waals surface area contributed by atoms with Crippen molar-refractivity contribution >= 4 is 0 Å². The van der Waals surface area contributed by atoms with Crippen LogP contribution in [0, 0.1) is 0 Å². The molecule has 1 heterocycles. The van der Waals surface area contributed by atoms with Crippen LogP contribution >= 0.6 is 0 Å². The third-order valence-electron chi connectivity index (χ3n) is 4.04.